The second-order valence-corrected chi connectivity index (χ2v) is 7.25. The number of guanidine groups is 1. The lowest BCUT2D eigenvalue weighted by Crippen LogP contribution is -2.47. The van der Waals surface area contributed by atoms with Gasteiger partial charge in [0.15, 0.2) is 17.6 Å². The molecule has 3 aromatic rings. The molecular weight excluding hydrogens is 384 g/mol. The van der Waals surface area contributed by atoms with Gasteiger partial charge in [-0.25, -0.2) is 15.0 Å². The zero-order chi connectivity index (χ0) is 21.3. The summed E-state index contributed by atoms with van der Waals surface area (Å²) in [5, 5.41) is 7.95. The highest BCUT2D eigenvalue weighted by atomic mass is 16.2. The highest BCUT2D eigenvalue weighted by Crippen LogP contribution is 2.33. The first-order valence-corrected chi connectivity index (χ1v) is 9.29. The Balaban J connectivity index is 1.53. The van der Waals surface area contributed by atoms with Crippen molar-refractivity contribution in [1.29, 1.82) is 0 Å². The fourth-order valence-corrected chi connectivity index (χ4v) is 3.27. The van der Waals surface area contributed by atoms with Crippen LogP contribution in [0.25, 0.3) is 5.82 Å². The standard InChI is InChI=1S/C20H20N8O2/c1-20(10-18(30)27(2)19(21)26-20)14-5-3-4-13(8-14)9-16(29)15-11-23-17(12-22-15)28-24-6-7-25-28/h3-8,11-12H,9-10H2,1-2H3,(H2,21,26). The number of carbonyl (C=O) groups is 2. The van der Waals surface area contributed by atoms with Gasteiger partial charge in [0, 0.05) is 13.5 Å². The van der Waals surface area contributed by atoms with Crippen molar-refractivity contribution in [1.82, 2.24) is 29.9 Å². The maximum absolute atomic E-state index is 12.7. The summed E-state index contributed by atoms with van der Waals surface area (Å²) in [7, 11) is 1.60. The van der Waals surface area contributed by atoms with E-state index in [9.17, 15) is 9.59 Å². The molecule has 2 N–H and O–H groups in total. The number of carbonyl (C=O) groups excluding carboxylic acids is 2. The van der Waals surface area contributed by atoms with E-state index in [0.717, 1.165) is 11.1 Å². The average Bonchev–Trinajstić information content (AvgIpc) is 3.27. The zero-order valence-electron chi connectivity index (χ0n) is 16.6. The summed E-state index contributed by atoms with van der Waals surface area (Å²) < 4.78 is 0. The quantitative estimate of drug-likeness (QED) is 0.624. The number of Topliss-reactive ketones (excluding diaryl/α,β-unsaturated/α-hetero) is 1. The van der Waals surface area contributed by atoms with E-state index < -0.39 is 5.54 Å². The maximum atomic E-state index is 12.7. The molecule has 2 aromatic heterocycles. The van der Waals surface area contributed by atoms with Crippen LogP contribution in [-0.4, -0.2) is 54.6 Å². The zero-order valence-corrected chi connectivity index (χ0v) is 16.6. The minimum atomic E-state index is -0.773. The number of ketones is 1. The molecule has 1 aliphatic heterocycles. The van der Waals surface area contributed by atoms with Crippen LogP contribution < -0.4 is 5.73 Å². The number of benzene rings is 1. The molecule has 30 heavy (non-hydrogen) atoms. The molecule has 0 spiro atoms. The highest BCUT2D eigenvalue weighted by molar-refractivity contribution is 5.99. The van der Waals surface area contributed by atoms with Crippen LogP contribution in [0, 0.1) is 0 Å². The van der Waals surface area contributed by atoms with Gasteiger partial charge in [-0.2, -0.15) is 10.2 Å². The first-order valence-electron chi connectivity index (χ1n) is 9.29. The number of aliphatic imine (C=N–C) groups is 1. The van der Waals surface area contributed by atoms with E-state index in [0.29, 0.717) is 5.82 Å². The summed E-state index contributed by atoms with van der Waals surface area (Å²) in [6.45, 7) is 1.86. The van der Waals surface area contributed by atoms with E-state index >= 15 is 0 Å². The average molecular weight is 404 g/mol. The van der Waals surface area contributed by atoms with Crippen LogP contribution in [-0.2, 0) is 16.8 Å². The van der Waals surface area contributed by atoms with Crippen LogP contribution in [0.15, 0.2) is 54.0 Å². The van der Waals surface area contributed by atoms with Crippen LogP contribution in [0.1, 0.15) is 35.0 Å². The first-order chi connectivity index (χ1) is 14.4. The van der Waals surface area contributed by atoms with Crippen LogP contribution >= 0.6 is 0 Å². The van der Waals surface area contributed by atoms with Gasteiger partial charge < -0.3 is 5.73 Å². The molecule has 0 saturated heterocycles. The van der Waals surface area contributed by atoms with Gasteiger partial charge in [-0.3, -0.25) is 14.5 Å². The Morgan fingerprint density at radius 3 is 2.63 bits per heavy atom. The number of rotatable bonds is 5. The summed E-state index contributed by atoms with van der Waals surface area (Å²) in [5.74, 6) is 0.326. The van der Waals surface area contributed by atoms with Crippen molar-refractivity contribution in [2.45, 2.75) is 25.3 Å². The molecule has 0 aliphatic carbocycles. The second-order valence-electron chi connectivity index (χ2n) is 7.25. The van der Waals surface area contributed by atoms with Gasteiger partial charge >= 0.3 is 0 Å². The van der Waals surface area contributed by atoms with E-state index in [1.807, 2.05) is 31.2 Å². The number of hydrogen-bond acceptors (Lipinski definition) is 8. The Hall–Kier alpha value is -3.95. The molecule has 1 amide bonds. The number of hydrogen-bond donors (Lipinski definition) is 1. The van der Waals surface area contributed by atoms with E-state index in [-0.39, 0.29) is 36.2 Å². The van der Waals surface area contributed by atoms with Crippen molar-refractivity contribution in [3.63, 3.8) is 0 Å². The van der Waals surface area contributed by atoms with E-state index in [4.69, 9.17) is 5.73 Å². The fourth-order valence-electron chi connectivity index (χ4n) is 3.27. The summed E-state index contributed by atoms with van der Waals surface area (Å²) in [5.41, 5.74) is 6.99. The molecule has 10 heteroatoms. The molecule has 0 saturated carbocycles. The first kappa shape index (κ1) is 19.4. The minimum absolute atomic E-state index is 0.103. The smallest absolute Gasteiger partial charge is 0.231 e. The van der Waals surface area contributed by atoms with Gasteiger partial charge in [-0.05, 0) is 18.1 Å². The van der Waals surface area contributed by atoms with E-state index in [1.165, 1.54) is 34.5 Å². The maximum Gasteiger partial charge on any atom is 0.231 e. The summed E-state index contributed by atoms with van der Waals surface area (Å²) in [6, 6.07) is 7.46. The fraction of sp³-hybridized carbons (Fsp3) is 0.250. The molecule has 1 unspecified atom stereocenters. The topological polar surface area (TPSA) is 132 Å². The molecular formula is C20H20N8O2. The largest absolute Gasteiger partial charge is 0.369 e. The normalized spacial score (nSPS) is 18.9. The predicted octanol–water partition coefficient (Wildman–Crippen LogP) is 0.875. The molecule has 152 valence electrons. The van der Waals surface area contributed by atoms with Crippen molar-refractivity contribution in [2.75, 3.05) is 7.05 Å². The molecule has 0 radical (unpaired) electrons. The Bertz CT molecular complexity index is 1120. The molecule has 4 rings (SSSR count). The van der Waals surface area contributed by atoms with Crippen LogP contribution in [0.5, 0.6) is 0 Å². The van der Waals surface area contributed by atoms with Crippen molar-refractivity contribution in [2.24, 2.45) is 10.7 Å². The number of aromatic nitrogens is 5. The summed E-state index contributed by atoms with van der Waals surface area (Å²) in [6.07, 6.45) is 6.27. The number of nitrogens with two attached hydrogens (primary N) is 1. The molecule has 1 aliphatic rings. The predicted molar refractivity (Wildman–Crippen MR) is 108 cm³/mol. The van der Waals surface area contributed by atoms with Crippen molar-refractivity contribution >= 4 is 17.6 Å². The van der Waals surface area contributed by atoms with Gasteiger partial charge in [0.2, 0.25) is 5.91 Å². The van der Waals surface area contributed by atoms with Crippen molar-refractivity contribution in [3.05, 3.63) is 65.9 Å². The third kappa shape index (κ3) is 3.66. The Labute approximate surface area is 172 Å². The Morgan fingerprint density at radius 2 is 1.97 bits per heavy atom. The second kappa shape index (κ2) is 7.47. The van der Waals surface area contributed by atoms with Crippen LogP contribution in [0.4, 0.5) is 0 Å². The van der Waals surface area contributed by atoms with Crippen LogP contribution in [0.2, 0.25) is 0 Å². The van der Waals surface area contributed by atoms with Gasteiger partial charge in [-0.1, -0.05) is 24.3 Å². The molecule has 1 aromatic carbocycles. The summed E-state index contributed by atoms with van der Waals surface area (Å²) >= 11 is 0. The van der Waals surface area contributed by atoms with Gasteiger partial charge in [0.05, 0.1) is 36.7 Å². The van der Waals surface area contributed by atoms with Gasteiger partial charge in [0.25, 0.3) is 0 Å². The third-order valence-corrected chi connectivity index (χ3v) is 5.04. The Morgan fingerprint density at radius 1 is 1.20 bits per heavy atom. The highest BCUT2D eigenvalue weighted by Gasteiger charge is 2.36. The van der Waals surface area contributed by atoms with E-state index in [2.05, 4.69) is 25.2 Å². The molecule has 0 fully saturated rings. The number of amides is 1. The SMILES string of the molecule is CN1C(=O)CC(C)(c2cccc(CC(=O)c3cnc(-n4nccn4)cn3)c2)N=C1N. The van der Waals surface area contributed by atoms with Crippen molar-refractivity contribution < 1.29 is 9.59 Å². The van der Waals surface area contributed by atoms with Crippen LogP contribution in [0.3, 0.4) is 0 Å². The molecule has 1 atom stereocenters. The summed E-state index contributed by atoms with van der Waals surface area (Å²) in [4.78, 5) is 40.5. The molecule has 3 heterocycles. The lowest BCUT2D eigenvalue weighted by Gasteiger charge is -2.33. The van der Waals surface area contributed by atoms with Gasteiger partial charge in [0.1, 0.15) is 5.69 Å². The molecule has 10 nitrogen and oxygen atoms in total. The van der Waals surface area contributed by atoms with Gasteiger partial charge in [-0.15, -0.1) is 4.80 Å². The van der Waals surface area contributed by atoms with Crippen molar-refractivity contribution in [3.8, 4) is 5.82 Å². The Kier molecular flexibility index (Phi) is 4.82. The minimum Gasteiger partial charge on any atom is -0.369 e. The lowest BCUT2D eigenvalue weighted by atomic mass is 9.86. The number of nitrogens with zero attached hydrogens (tertiary/aromatic N) is 7. The lowest BCUT2D eigenvalue weighted by molar-refractivity contribution is -0.128. The van der Waals surface area contributed by atoms with E-state index in [1.54, 1.807) is 7.05 Å². The molecule has 0 bridgehead atoms. The monoisotopic (exact) mass is 404 g/mol. The third-order valence-electron chi connectivity index (χ3n) is 5.04.